The lowest BCUT2D eigenvalue weighted by Crippen LogP contribution is -2.15. The average Bonchev–Trinajstić information content (AvgIpc) is 3.34. The van der Waals surface area contributed by atoms with Gasteiger partial charge in [0.15, 0.2) is 16.7 Å². The van der Waals surface area contributed by atoms with Gasteiger partial charge < -0.3 is 9.47 Å². The number of fused-ring (bicyclic) bond motifs is 1. The number of benzene rings is 3. The number of imidazole rings is 1. The fraction of sp³-hybridized carbons (Fsp3) is 0.323. The quantitative estimate of drug-likeness (QED) is 0.0912. The first-order valence-electron chi connectivity index (χ1n) is 13.4. The molecule has 216 valence electrons. The molecule has 1 atom stereocenters. The van der Waals surface area contributed by atoms with E-state index in [9.17, 15) is 8.78 Å². The Bertz CT molecular complexity index is 1520. The van der Waals surface area contributed by atoms with Gasteiger partial charge in [0.2, 0.25) is 0 Å². The van der Waals surface area contributed by atoms with Crippen molar-refractivity contribution >= 4 is 39.3 Å². The summed E-state index contributed by atoms with van der Waals surface area (Å²) in [5.41, 5.74) is 4.69. The number of rotatable bonds is 11. The van der Waals surface area contributed by atoms with Crippen molar-refractivity contribution in [2.24, 2.45) is 0 Å². The highest BCUT2D eigenvalue weighted by molar-refractivity contribution is 9.09. The summed E-state index contributed by atoms with van der Waals surface area (Å²) >= 11 is 10.8. The largest absolute Gasteiger partial charge is 0.488 e. The Hall–Kier alpha value is -2.46. The van der Waals surface area contributed by atoms with Crippen LogP contribution in [0.1, 0.15) is 46.8 Å². The molecule has 5 rings (SSSR count). The molecule has 3 aromatic carbocycles. The number of hydrogen-bond acceptors (Lipinski definition) is 4. The van der Waals surface area contributed by atoms with Crippen molar-refractivity contribution in [1.82, 2.24) is 9.55 Å². The maximum atomic E-state index is 15.4. The Morgan fingerprint density at radius 2 is 1.85 bits per heavy atom. The Labute approximate surface area is 255 Å². The van der Waals surface area contributed by atoms with E-state index in [2.05, 4.69) is 22.0 Å². The van der Waals surface area contributed by atoms with Gasteiger partial charge in [-0.15, -0.1) is 0 Å². The van der Waals surface area contributed by atoms with E-state index in [1.54, 1.807) is 12.1 Å². The van der Waals surface area contributed by atoms with Crippen molar-refractivity contribution in [3.63, 3.8) is 0 Å². The molecule has 0 spiro atoms. The second kappa shape index (κ2) is 13.7. The van der Waals surface area contributed by atoms with Gasteiger partial charge in [0, 0.05) is 33.3 Å². The van der Waals surface area contributed by atoms with Gasteiger partial charge in [-0.1, -0.05) is 51.4 Å². The van der Waals surface area contributed by atoms with Crippen LogP contribution in [0.25, 0.3) is 5.69 Å². The van der Waals surface area contributed by atoms with Gasteiger partial charge in [0.05, 0.1) is 24.6 Å². The molecule has 41 heavy (non-hydrogen) atoms. The number of nitrogens with zero attached hydrogens (tertiary/aromatic N) is 2. The van der Waals surface area contributed by atoms with E-state index in [0.29, 0.717) is 28.7 Å². The first-order chi connectivity index (χ1) is 19.9. The molecule has 0 fully saturated rings. The molecule has 0 amide bonds. The van der Waals surface area contributed by atoms with Crippen LogP contribution in [0.15, 0.2) is 59.8 Å². The fourth-order valence-corrected chi connectivity index (χ4v) is 6.47. The van der Waals surface area contributed by atoms with Gasteiger partial charge in [-0.2, -0.15) is 0 Å². The Kier molecular flexibility index (Phi) is 10.0. The average molecular weight is 666 g/mol. The topological polar surface area (TPSA) is 36.3 Å². The third kappa shape index (κ3) is 6.79. The van der Waals surface area contributed by atoms with Crippen molar-refractivity contribution in [2.45, 2.75) is 43.0 Å². The molecule has 0 radical (unpaired) electrons. The summed E-state index contributed by atoms with van der Waals surface area (Å²) in [6.45, 7) is 2.93. The second-order valence-corrected chi connectivity index (χ2v) is 11.9. The minimum absolute atomic E-state index is 0.00321. The zero-order valence-corrected chi connectivity index (χ0v) is 25.6. The van der Waals surface area contributed by atoms with E-state index in [4.69, 9.17) is 26.1 Å². The maximum Gasteiger partial charge on any atom is 0.173 e. The minimum atomic E-state index is -0.739. The zero-order chi connectivity index (χ0) is 28.9. The summed E-state index contributed by atoms with van der Waals surface area (Å²) in [5.74, 6) is -1.73. The molecule has 0 N–H and O–H groups in total. The predicted octanol–water partition coefficient (Wildman–Crippen LogP) is 8.80. The number of ether oxygens (including phenoxy) is 2. The van der Waals surface area contributed by atoms with Crippen molar-refractivity contribution in [2.75, 3.05) is 25.2 Å². The summed E-state index contributed by atoms with van der Waals surface area (Å²) in [6, 6.07) is 14.8. The molecular formula is C31H29BrClF3N2O2S. The van der Waals surface area contributed by atoms with Crippen molar-refractivity contribution < 1.29 is 22.6 Å². The number of alkyl halides is 1. The van der Waals surface area contributed by atoms with Gasteiger partial charge in [-0.25, -0.2) is 18.2 Å². The number of thioether (sulfide) groups is 1. The van der Waals surface area contributed by atoms with E-state index in [1.807, 2.05) is 23.6 Å². The third-order valence-electron chi connectivity index (χ3n) is 7.07. The van der Waals surface area contributed by atoms with Gasteiger partial charge in [0.1, 0.15) is 18.2 Å². The van der Waals surface area contributed by atoms with E-state index in [-0.39, 0.29) is 35.4 Å². The normalized spacial score (nSPS) is 14.7. The first kappa shape index (κ1) is 30.0. The highest BCUT2D eigenvalue weighted by Gasteiger charge is 2.30. The summed E-state index contributed by atoms with van der Waals surface area (Å²) < 4.78 is 57.0. The standard InChI is InChI=1S/C31H29BrClF3N2O2S/c1-19-17-20(5-10-25(19)33)23-3-2-4-27-30(23)38(22-8-6-21(34)7-9-22)31(37-27)41-18-24-26(35)11-12-28(29(24)36)40-16-15-39-14-13-32/h5-12,17,23H,2-4,13-16,18H2,1H3. The fourth-order valence-electron chi connectivity index (χ4n) is 5.08. The number of halogens is 5. The number of aromatic nitrogens is 2. The van der Waals surface area contributed by atoms with Crippen LogP contribution in [0, 0.1) is 24.4 Å². The van der Waals surface area contributed by atoms with Crippen LogP contribution in [0.5, 0.6) is 5.75 Å². The lowest BCUT2D eigenvalue weighted by atomic mass is 9.83. The smallest absolute Gasteiger partial charge is 0.173 e. The van der Waals surface area contributed by atoms with Crippen LogP contribution in [0.2, 0.25) is 5.02 Å². The highest BCUT2D eigenvalue weighted by atomic mass is 79.9. The Balaban J connectivity index is 1.48. The van der Waals surface area contributed by atoms with Gasteiger partial charge in [0.25, 0.3) is 0 Å². The molecule has 0 saturated carbocycles. The summed E-state index contributed by atoms with van der Waals surface area (Å²) in [4.78, 5) is 4.95. The van der Waals surface area contributed by atoms with E-state index < -0.39 is 11.6 Å². The van der Waals surface area contributed by atoms with Crippen LogP contribution in [-0.4, -0.2) is 34.7 Å². The molecular weight excluding hydrogens is 637 g/mol. The summed E-state index contributed by atoms with van der Waals surface area (Å²) in [6.07, 6.45) is 2.64. The van der Waals surface area contributed by atoms with Crippen molar-refractivity contribution in [1.29, 1.82) is 0 Å². The number of aryl methyl sites for hydroxylation is 2. The van der Waals surface area contributed by atoms with Crippen LogP contribution in [-0.2, 0) is 16.9 Å². The molecule has 4 nitrogen and oxygen atoms in total. The highest BCUT2D eigenvalue weighted by Crippen LogP contribution is 2.42. The first-order valence-corrected chi connectivity index (χ1v) is 15.9. The molecule has 0 aliphatic heterocycles. The SMILES string of the molecule is Cc1cc(C2CCCc3nc(SCc4c(F)ccc(OCCOCCBr)c4F)n(-c4ccc(F)cc4)c32)ccc1Cl. The van der Waals surface area contributed by atoms with E-state index in [1.165, 1.54) is 36.0 Å². The van der Waals surface area contributed by atoms with Gasteiger partial charge in [-0.3, -0.25) is 4.57 Å². The lowest BCUT2D eigenvalue weighted by Gasteiger charge is -2.25. The molecule has 1 aliphatic rings. The van der Waals surface area contributed by atoms with Gasteiger partial charge >= 0.3 is 0 Å². The van der Waals surface area contributed by atoms with Crippen LogP contribution in [0.3, 0.4) is 0 Å². The molecule has 1 aliphatic carbocycles. The van der Waals surface area contributed by atoms with E-state index >= 15 is 4.39 Å². The molecule has 0 saturated heterocycles. The monoisotopic (exact) mass is 664 g/mol. The summed E-state index contributed by atoms with van der Waals surface area (Å²) in [7, 11) is 0. The van der Waals surface area contributed by atoms with Crippen molar-refractivity contribution in [3.05, 3.63) is 105 Å². The van der Waals surface area contributed by atoms with Crippen LogP contribution < -0.4 is 4.74 Å². The molecule has 10 heteroatoms. The summed E-state index contributed by atoms with van der Waals surface area (Å²) in [5, 5.41) is 1.98. The Morgan fingerprint density at radius 1 is 1.05 bits per heavy atom. The molecule has 1 aromatic heterocycles. The Morgan fingerprint density at radius 3 is 2.61 bits per heavy atom. The lowest BCUT2D eigenvalue weighted by molar-refractivity contribution is 0.110. The minimum Gasteiger partial charge on any atom is -0.488 e. The van der Waals surface area contributed by atoms with Crippen LogP contribution >= 0.6 is 39.3 Å². The van der Waals surface area contributed by atoms with Gasteiger partial charge in [-0.05, 0) is 79.8 Å². The third-order valence-corrected chi connectivity index (χ3v) is 8.78. The number of hydrogen-bond donors (Lipinski definition) is 0. The van der Waals surface area contributed by atoms with Crippen molar-refractivity contribution in [3.8, 4) is 11.4 Å². The molecule has 1 heterocycles. The predicted molar refractivity (Wildman–Crippen MR) is 161 cm³/mol. The van der Waals surface area contributed by atoms with E-state index in [0.717, 1.165) is 47.5 Å². The molecule has 1 unspecified atom stereocenters. The molecule has 0 bridgehead atoms. The zero-order valence-electron chi connectivity index (χ0n) is 22.4. The maximum absolute atomic E-state index is 15.4. The second-order valence-electron chi connectivity index (χ2n) is 9.77. The van der Waals surface area contributed by atoms with Crippen LogP contribution in [0.4, 0.5) is 13.2 Å². The molecule has 4 aromatic rings.